The normalized spacial score (nSPS) is 17.9. The van der Waals surface area contributed by atoms with Crippen LogP contribution in [0.2, 0.25) is 0 Å². The number of aryl methyl sites for hydroxylation is 2. The Morgan fingerprint density at radius 2 is 2.08 bits per heavy atom. The first-order valence-corrected chi connectivity index (χ1v) is 10.5. The van der Waals surface area contributed by atoms with Gasteiger partial charge in [-0.2, -0.15) is 0 Å². The summed E-state index contributed by atoms with van der Waals surface area (Å²) in [6.07, 6.45) is 5.13. The number of thiazole rings is 1. The van der Waals surface area contributed by atoms with Crippen molar-refractivity contribution in [3.05, 3.63) is 34.7 Å². The van der Waals surface area contributed by atoms with E-state index in [9.17, 15) is 8.42 Å². The van der Waals surface area contributed by atoms with E-state index in [-0.39, 0.29) is 16.9 Å². The summed E-state index contributed by atoms with van der Waals surface area (Å²) in [6, 6.07) is 3.66. The SMILES string of the molecule is Cc1nc(S(=O)(=O)NC[C@H](c2ccco2)N2CCCCC2)sc1C. The number of nitrogens with one attached hydrogen (secondary N) is 1. The van der Waals surface area contributed by atoms with Gasteiger partial charge in [0.1, 0.15) is 5.76 Å². The van der Waals surface area contributed by atoms with E-state index >= 15 is 0 Å². The smallest absolute Gasteiger partial charge is 0.267 e. The average Bonchev–Trinajstić information content (AvgIpc) is 3.20. The second-order valence-corrected chi connectivity index (χ2v) is 9.24. The molecule has 0 unspecified atom stereocenters. The Labute approximate surface area is 146 Å². The summed E-state index contributed by atoms with van der Waals surface area (Å²) in [5.74, 6) is 0.797. The zero-order chi connectivity index (χ0) is 17.2. The van der Waals surface area contributed by atoms with E-state index in [1.807, 2.05) is 26.0 Å². The maximum absolute atomic E-state index is 12.5. The maximum atomic E-state index is 12.5. The van der Waals surface area contributed by atoms with Gasteiger partial charge in [-0.3, -0.25) is 4.90 Å². The topological polar surface area (TPSA) is 75.4 Å². The van der Waals surface area contributed by atoms with E-state index in [0.29, 0.717) is 0 Å². The van der Waals surface area contributed by atoms with Crippen LogP contribution in [-0.2, 0) is 10.0 Å². The van der Waals surface area contributed by atoms with Gasteiger partial charge in [-0.25, -0.2) is 18.1 Å². The highest BCUT2D eigenvalue weighted by Gasteiger charge is 2.27. The van der Waals surface area contributed by atoms with Crippen molar-refractivity contribution in [1.82, 2.24) is 14.6 Å². The standard InChI is InChI=1S/C16H23N3O3S2/c1-12-13(2)23-16(18-12)24(20,21)17-11-14(15-7-6-10-22-15)19-8-4-3-5-9-19/h6-7,10,14,17H,3-5,8-9,11H2,1-2H3/t14-/m1/s1. The predicted molar refractivity (Wildman–Crippen MR) is 93.6 cm³/mol. The first kappa shape index (κ1) is 17.6. The quantitative estimate of drug-likeness (QED) is 0.847. The number of piperidine rings is 1. The van der Waals surface area contributed by atoms with Crippen LogP contribution in [0.5, 0.6) is 0 Å². The molecule has 0 aliphatic carbocycles. The minimum atomic E-state index is -3.60. The number of aromatic nitrogens is 1. The molecule has 6 nitrogen and oxygen atoms in total. The van der Waals surface area contributed by atoms with Gasteiger partial charge in [0, 0.05) is 11.4 Å². The monoisotopic (exact) mass is 369 g/mol. The minimum Gasteiger partial charge on any atom is -0.468 e. The van der Waals surface area contributed by atoms with Gasteiger partial charge < -0.3 is 4.42 Å². The van der Waals surface area contributed by atoms with E-state index in [1.54, 1.807) is 6.26 Å². The first-order chi connectivity index (χ1) is 11.5. The largest absolute Gasteiger partial charge is 0.468 e. The van der Waals surface area contributed by atoms with Gasteiger partial charge in [0.05, 0.1) is 18.0 Å². The van der Waals surface area contributed by atoms with E-state index in [2.05, 4.69) is 14.6 Å². The van der Waals surface area contributed by atoms with Gasteiger partial charge >= 0.3 is 0 Å². The minimum absolute atomic E-state index is 0.0859. The number of hydrogen-bond acceptors (Lipinski definition) is 6. The van der Waals surface area contributed by atoms with Crippen molar-refractivity contribution in [2.75, 3.05) is 19.6 Å². The third-order valence-corrected chi connectivity index (χ3v) is 7.28. The zero-order valence-electron chi connectivity index (χ0n) is 14.0. The van der Waals surface area contributed by atoms with Crippen LogP contribution >= 0.6 is 11.3 Å². The Hall–Kier alpha value is -1.22. The molecule has 2 aromatic rings. The fourth-order valence-electron chi connectivity index (χ4n) is 2.93. The Bertz CT molecular complexity index is 743. The molecule has 0 bridgehead atoms. The van der Waals surface area contributed by atoms with Crippen LogP contribution in [-0.4, -0.2) is 37.9 Å². The number of likely N-dealkylation sites (tertiary alicyclic amines) is 1. The number of hydrogen-bond donors (Lipinski definition) is 1. The van der Waals surface area contributed by atoms with Gasteiger partial charge in [0.15, 0.2) is 0 Å². The van der Waals surface area contributed by atoms with Crippen LogP contribution in [0, 0.1) is 13.8 Å². The molecule has 0 amide bonds. The molecule has 0 spiro atoms. The van der Waals surface area contributed by atoms with Crippen LogP contribution in [0.1, 0.15) is 41.6 Å². The van der Waals surface area contributed by atoms with Gasteiger partial charge in [-0.05, 0) is 51.9 Å². The second kappa shape index (κ2) is 7.35. The summed E-state index contributed by atoms with van der Waals surface area (Å²) < 4.78 is 33.5. The summed E-state index contributed by atoms with van der Waals surface area (Å²) in [4.78, 5) is 7.39. The number of sulfonamides is 1. The molecule has 2 aromatic heterocycles. The number of furan rings is 1. The molecule has 1 fully saturated rings. The van der Waals surface area contributed by atoms with E-state index in [1.165, 1.54) is 17.8 Å². The molecule has 1 aliphatic heterocycles. The summed E-state index contributed by atoms with van der Waals surface area (Å²) in [7, 11) is -3.60. The van der Waals surface area contributed by atoms with Crippen LogP contribution in [0.15, 0.2) is 27.2 Å². The van der Waals surface area contributed by atoms with E-state index < -0.39 is 10.0 Å². The number of nitrogens with zero attached hydrogens (tertiary/aromatic N) is 2. The first-order valence-electron chi connectivity index (χ1n) is 8.18. The van der Waals surface area contributed by atoms with Crippen molar-refractivity contribution in [3.63, 3.8) is 0 Å². The third kappa shape index (κ3) is 3.88. The van der Waals surface area contributed by atoms with Crippen LogP contribution in [0.3, 0.4) is 0 Å². The maximum Gasteiger partial charge on any atom is 0.267 e. The highest BCUT2D eigenvalue weighted by molar-refractivity contribution is 7.91. The molecule has 1 atom stereocenters. The summed E-state index contributed by atoms with van der Waals surface area (Å²) >= 11 is 1.21. The summed E-state index contributed by atoms with van der Waals surface area (Å²) in [5.41, 5.74) is 0.763. The molecule has 1 saturated heterocycles. The molecule has 0 radical (unpaired) electrons. The third-order valence-electron chi connectivity index (χ3n) is 4.41. The van der Waals surface area contributed by atoms with Crippen molar-refractivity contribution < 1.29 is 12.8 Å². The lowest BCUT2D eigenvalue weighted by Crippen LogP contribution is -2.40. The zero-order valence-corrected chi connectivity index (χ0v) is 15.6. The fraction of sp³-hybridized carbons (Fsp3) is 0.562. The molecule has 0 aromatic carbocycles. The molecule has 24 heavy (non-hydrogen) atoms. The Kier molecular flexibility index (Phi) is 5.39. The van der Waals surface area contributed by atoms with Gasteiger partial charge in [0.25, 0.3) is 10.0 Å². The highest BCUT2D eigenvalue weighted by Crippen LogP contribution is 2.26. The van der Waals surface area contributed by atoms with Crippen molar-refractivity contribution in [1.29, 1.82) is 0 Å². The Balaban J connectivity index is 1.75. The van der Waals surface area contributed by atoms with Gasteiger partial charge in [-0.15, -0.1) is 11.3 Å². The van der Waals surface area contributed by atoms with Crippen molar-refractivity contribution in [3.8, 4) is 0 Å². The Morgan fingerprint density at radius 3 is 2.67 bits per heavy atom. The van der Waals surface area contributed by atoms with Crippen molar-refractivity contribution in [2.45, 2.75) is 43.5 Å². The lowest BCUT2D eigenvalue weighted by atomic mass is 10.1. The molecule has 132 valence electrons. The van der Waals surface area contributed by atoms with Crippen molar-refractivity contribution >= 4 is 21.4 Å². The predicted octanol–water partition coefficient (Wildman–Crippen LogP) is 2.86. The van der Waals surface area contributed by atoms with Crippen LogP contribution in [0.4, 0.5) is 0 Å². The Morgan fingerprint density at radius 1 is 1.33 bits per heavy atom. The molecule has 3 rings (SSSR count). The lowest BCUT2D eigenvalue weighted by Gasteiger charge is -2.33. The molecule has 0 saturated carbocycles. The lowest BCUT2D eigenvalue weighted by molar-refractivity contribution is 0.147. The van der Waals surface area contributed by atoms with E-state index in [4.69, 9.17) is 4.42 Å². The highest BCUT2D eigenvalue weighted by atomic mass is 32.2. The van der Waals surface area contributed by atoms with Crippen molar-refractivity contribution in [2.24, 2.45) is 0 Å². The van der Waals surface area contributed by atoms with Gasteiger partial charge in [0.2, 0.25) is 4.34 Å². The number of rotatable bonds is 6. The van der Waals surface area contributed by atoms with E-state index in [0.717, 1.165) is 42.3 Å². The molecule has 8 heteroatoms. The summed E-state index contributed by atoms with van der Waals surface area (Å²) in [6.45, 7) is 5.91. The molecular formula is C16H23N3O3S2. The van der Waals surface area contributed by atoms with Gasteiger partial charge in [-0.1, -0.05) is 6.42 Å². The van der Waals surface area contributed by atoms with Crippen LogP contribution in [0.25, 0.3) is 0 Å². The molecule has 1 N–H and O–H groups in total. The summed E-state index contributed by atoms with van der Waals surface area (Å²) in [5, 5.41) is 0. The molecule has 3 heterocycles. The fourth-order valence-corrected chi connectivity index (χ4v) is 5.32. The second-order valence-electron chi connectivity index (χ2n) is 6.10. The molecular weight excluding hydrogens is 346 g/mol. The molecule has 1 aliphatic rings. The average molecular weight is 370 g/mol. The van der Waals surface area contributed by atoms with Crippen LogP contribution < -0.4 is 4.72 Å².